The van der Waals surface area contributed by atoms with Gasteiger partial charge in [-0.25, -0.2) is 4.79 Å². The lowest BCUT2D eigenvalue weighted by Crippen LogP contribution is -2.41. The third-order valence-corrected chi connectivity index (χ3v) is 5.41. The lowest BCUT2D eigenvalue weighted by molar-refractivity contribution is -0.118. The molecule has 0 spiro atoms. The Labute approximate surface area is 177 Å². The zero-order valence-electron chi connectivity index (χ0n) is 18.6. The van der Waals surface area contributed by atoms with Crippen LogP contribution >= 0.6 is 0 Å². The van der Waals surface area contributed by atoms with E-state index in [-0.39, 0.29) is 29.1 Å². The van der Waals surface area contributed by atoms with Crippen LogP contribution < -0.4 is 16.3 Å². The molecule has 1 heterocycles. The topological polar surface area (TPSA) is 89.8 Å². The van der Waals surface area contributed by atoms with Crippen molar-refractivity contribution in [2.24, 2.45) is 5.92 Å². The molecule has 6 heteroatoms. The molecule has 30 heavy (non-hydrogen) atoms. The van der Waals surface area contributed by atoms with Crippen LogP contribution in [0.3, 0.4) is 0 Å². The third-order valence-electron chi connectivity index (χ3n) is 5.41. The lowest BCUT2D eigenvalue weighted by Gasteiger charge is -2.27. The molecule has 1 amide bonds. The Morgan fingerprint density at radius 1 is 0.933 bits per heavy atom. The van der Waals surface area contributed by atoms with Gasteiger partial charge in [0.25, 0.3) is 0 Å². The Kier molecular flexibility index (Phi) is 6.17. The summed E-state index contributed by atoms with van der Waals surface area (Å²) in [5.41, 5.74) is 4.33. The van der Waals surface area contributed by atoms with Crippen molar-refractivity contribution < 1.29 is 4.79 Å². The van der Waals surface area contributed by atoms with E-state index in [1.54, 1.807) is 18.2 Å². The Morgan fingerprint density at radius 3 is 2.17 bits per heavy atom. The molecule has 160 valence electrons. The van der Waals surface area contributed by atoms with Crippen LogP contribution in [0.1, 0.15) is 58.7 Å². The van der Waals surface area contributed by atoms with Crippen molar-refractivity contribution in [2.75, 3.05) is 5.32 Å². The van der Waals surface area contributed by atoms with Crippen LogP contribution in [0.5, 0.6) is 0 Å². The molecule has 0 unspecified atom stereocenters. The molecule has 0 aliphatic heterocycles. The van der Waals surface area contributed by atoms with E-state index in [2.05, 4.69) is 79.5 Å². The van der Waals surface area contributed by atoms with Crippen molar-refractivity contribution >= 4 is 22.6 Å². The summed E-state index contributed by atoms with van der Waals surface area (Å²) in [7, 11) is 0. The molecule has 3 rings (SSSR count). The summed E-state index contributed by atoms with van der Waals surface area (Å²) < 4.78 is 0. The van der Waals surface area contributed by atoms with Crippen molar-refractivity contribution in [3.8, 4) is 0 Å². The zero-order chi connectivity index (χ0) is 22.1. The standard InChI is InChI=1S/C24H32N4O2/c1-14(2)21(16-7-9-17(10-8-16)24(4,5)6)25-15(3)22(29)26-18-11-12-19-20(13-18)28-23(30)27-19/h7-15,21,25H,1-6H3,(H,26,29)(H2,27,28,30)/t15-,21+/m1/s1. The number of fused-ring (bicyclic) bond motifs is 1. The quantitative estimate of drug-likeness (QED) is 0.485. The van der Waals surface area contributed by atoms with Gasteiger partial charge in [0.2, 0.25) is 5.91 Å². The van der Waals surface area contributed by atoms with Crippen LogP contribution in [0, 0.1) is 5.92 Å². The summed E-state index contributed by atoms with van der Waals surface area (Å²) in [6.45, 7) is 12.8. The molecular formula is C24H32N4O2. The van der Waals surface area contributed by atoms with E-state index in [9.17, 15) is 9.59 Å². The van der Waals surface area contributed by atoms with Gasteiger partial charge < -0.3 is 15.3 Å². The van der Waals surface area contributed by atoms with Crippen molar-refractivity contribution in [1.82, 2.24) is 15.3 Å². The molecule has 0 bridgehead atoms. The van der Waals surface area contributed by atoms with E-state index in [1.807, 2.05) is 6.92 Å². The van der Waals surface area contributed by atoms with Crippen molar-refractivity contribution in [2.45, 2.75) is 59.0 Å². The average molecular weight is 409 g/mol. The summed E-state index contributed by atoms with van der Waals surface area (Å²) >= 11 is 0. The number of rotatable bonds is 6. The number of carbonyl (C=O) groups is 1. The number of hydrogen-bond donors (Lipinski definition) is 4. The molecule has 3 aromatic rings. The molecule has 4 N–H and O–H groups in total. The Balaban J connectivity index is 1.71. The number of aromatic nitrogens is 2. The molecule has 6 nitrogen and oxygen atoms in total. The number of benzene rings is 2. The summed E-state index contributed by atoms with van der Waals surface area (Å²) in [4.78, 5) is 29.6. The molecule has 1 aromatic heterocycles. The molecular weight excluding hydrogens is 376 g/mol. The van der Waals surface area contributed by atoms with Crippen LogP contribution in [-0.4, -0.2) is 21.9 Å². The molecule has 0 fully saturated rings. The summed E-state index contributed by atoms with van der Waals surface area (Å²) in [6, 6.07) is 13.6. The van der Waals surface area contributed by atoms with E-state index in [0.717, 1.165) is 0 Å². The van der Waals surface area contributed by atoms with E-state index in [1.165, 1.54) is 11.1 Å². The number of aromatic amines is 2. The SMILES string of the molecule is CC(C)[C@H](N[C@H](C)C(=O)Nc1ccc2[nH]c(=O)[nH]c2c1)c1ccc(C(C)(C)C)cc1. The van der Waals surface area contributed by atoms with E-state index in [4.69, 9.17) is 0 Å². The van der Waals surface area contributed by atoms with Crippen LogP contribution in [0.25, 0.3) is 11.0 Å². The van der Waals surface area contributed by atoms with Gasteiger partial charge in [0, 0.05) is 11.7 Å². The van der Waals surface area contributed by atoms with E-state index in [0.29, 0.717) is 22.6 Å². The maximum absolute atomic E-state index is 12.8. The predicted octanol–water partition coefficient (Wildman–Crippen LogP) is 4.47. The van der Waals surface area contributed by atoms with Gasteiger partial charge in [-0.2, -0.15) is 0 Å². The van der Waals surface area contributed by atoms with E-state index >= 15 is 0 Å². The molecule has 0 aliphatic carbocycles. The second-order valence-corrected chi connectivity index (χ2v) is 9.31. The average Bonchev–Trinajstić information content (AvgIpc) is 3.04. The van der Waals surface area contributed by atoms with Crippen LogP contribution in [0.4, 0.5) is 5.69 Å². The van der Waals surface area contributed by atoms with Gasteiger partial charge in [-0.05, 0) is 47.6 Å². The fourth-order valence-corrected chi connectivity index (χ4v) is 3.57. The van der Waals surface area contributed by atoms with Crippen LogP contribution in [0.2, 0.25) is 0 Å². The number of imidazole rings is 1. The molecule has 0 saturated carbocycles. The maximum atomic E-state index is 12.8. The summed E-state index contributed by atoms with van der Waals surface area (Å²) in [5.74, 6) is 0.200. The molecule has 0 radical (unpaired) electrons. The van der Waals surface area contributed by atoms with Gasteiger partial charge in [-0.1, -0.05) is 58.9 Å². The second kappa shape index (κ2) is 8.48. The number of H-pyrrole nitrogens is 2. The predicted molar refractivity (Wildman–Crippen MR) is 123 cm³/mol. The molecule has 0 aliphatic rings. The van der Waals surface area contributed by atoms with Gasteiger partial charge in [0.1, 0.15) is 0 Å². The molecule has 2 atom stereocenters. The number of hydrogen-bond acceptors (Lipinski definition) is 3. The lowest BCUT2D eigenvalue weighted by atomic mass is 9.85. The first-order valence-electron chi connectivity index (χ1n) is 10.4. The van der Waals surface area contributed by atoms with Crippen molar-refractivity contribution in [3.63, 3.8) is 0 Å². The molecule has 2 aromatic carbocycles. The fourth-order valence-electron chi connectivity index (χ4n) is 3.57. The highest BCUT2D eigenvalue weighted by molar-refractivity contribution is 5.96. The van der Waals surface area contributed by atoms with Gasteiger partial charge in [-0.15, -0.1) is 0 Å². The number of nitrogens with one attached hydrogen (secondary N) is 4. The van der Waals surface area contributed by atoms with Crippen molar-refractivity contribution in [3.05, 3.63) is 64.1 Å². The number of amides is 1. The smallest absolute Gasteiger partial charge is 0.323 e. The number of anilines is 1. The van der Waals surface area contributed by atoms with Crippen LogP contribution in [0.15, 0.2) is 47.3 Å². The summed E-state index contributed by atoms with van der Waals surface area (Å²) in [5, 5.41) is 6.41. The minimum absolute atomic E-state index is 0.0586. The highest BCUT2D eigenvalue weighted by atomic mass is 16.2. The van der Waals surface area contributed by atoms with Crippen LogP contribution in [-0.2, 0) is 10.2 Å². The minimum Gasteiger partial charge on any atom is -0.325 e. The van der Waals surface area contributed by atoms with Gasteiger partial charge >= 0.3 is 5.69 Å². The maximum Gasteiger partial charge on any atom is 0.323 e. The first-order chi connectivity index (χ1) is 14.0. The largest absolute Gasteiger partial charge is 0.325 e. The van der Waals surface area contributed by atoms with Gasteiger partial charge in [0.15, 0.2) is 0 Å². The second-order valence-electron chi connectivity index (χ2n) is 9.31. The number of carbonyl (C=O) groups excluding carboxylic acids is 1. The third kappa shape index (κ3) is 5.00. The zero-order valence-corrected chi connectivity index (χ0v) is 18.6. The fraction of sp³-hybridized carbons (Fsp3) is 0.417. The minimum atomic E-state index is -0.388. The Hall–Kier alpha value is -2.86. The molecule has 0 saturated heterocycles. The first kappa shape index (κ1) is 21.8. The monoisotopic (exact) mass is 408 g/mol. The highest BCUT2D eigenvalue weighted by Crippen LogP contribution is 2.27. The van der Waals surface area contributed by atoms with Gasteiger partial charge in [0.05, 0.1) is 17.1 Å². The Morgan fingerprint density at radius 2 is 1.57 bits per heavy atom. The van der Waals surface area contributed by atoms with Crippen molar-refractivity contribution in [1.29, 1.82) is 0 Å². The first-order valence-corrected chi connectivity index (χ1v) is 10.4. The summed E-state index contributed by atoms with van der Waals surface area (Å²) in [6.07, 6.45) is 0. The van der Waals surface area contributed by atoms with Gasteiger partial charge in [-0.3, -0.25) is 10.1 Å². The normalized spacial score (nSPS) is 14.1. The highest BCUT2D eigenvalue weighted by Gasteiger charge is 2.23. The van der Waals surface area contributed by atoms with E-state index < -0.39 is 0 Å². The Bertz CT molecular complexity index is 1070.